The number of nitrogens with two attached hydrogens (primary N) is 2. The number of benzene rings is 4. The maximum atomic E-state index is 14.7. The number of aromatic hydroxyl groups is 2. The Balaban J connectivity index is 1.47. The van der Waals surface area contributed by atoms with Crippen molar-refractivity contribution in [3.8, 4) is 33.8 Å². The number of ketones is 3. The zero-order valence-corrected chi connectivity index (χ0v) is 38.3. The van der Waals surface area contributed by atoms with Crippen LogP contribution in [0.1, 0.15) is 79.9 Å². The maximum absolute atomic E-state index is 14.7. The molecule has 0 unspecified atom stereocenters. The third-order valence-electron chi connectivity index (χ3n) is 12.2. The number of hydrogen-bond donors (Lipinski definition) is 6. The van der Waals surface area contributed by atoms with Gasteiger partial charge >= 0.3 is 0 Å². The van der Waals surface area contributed by atoms with Crippen molar-refractivity contribution >= 4 is 52.6 Å². The van der Waals surface area contributed by atoms with E-state index in [9.17, 15) is 48.9 Å². The van der Waals surface area contributed by atoms with E-state index in [1.807, 2.05) is 24.3 Å². The fourth-order valence-corrected chi connectivity index (χ4v) is 8.45. The van der Waals surface area contributed by atoms with Gasteiger partial charge in [-0.05, 0) is 84.5 Å². The molecule has 0 radical (unpaired) electrons. The molecule has 0 saturated heterocycles. The number of Topliss-reactive ketones (excluding diaryl/α,β-unsaturated/α-hetero) is 3. The van der Waals surface area contributed by atoms with Crippen LogP contribution in [0.4, 0.5) is 0 Å². The van der Waals surface area contributed by atoms with E-state index in [2.05, 4.69) is 5.32 Å². The predicted octanol–water partition coefficient (Wildman–Crippen LogP) is 5.14. The number of phenolic OH excluding ortho intramolecular Hbond substituents is 2. The maximum Gasteiger partial charge on any atom is 0.242 e. The molecule has 1 heterocycles. The van der Waals surface area contributed by atoms with Crippen LogP contribution in [-0.2, 0) is 35.2 Å². The van der Waals surface area contributed by atoms with Crippen molar-refractivity contribution in [2.75, 3.05) is 27.2 Å². The van der Waals surface area contributed by atoms with Crippen LogP contribution >= 0.6 is 11.6 Å². The zero-order valence-electron chi connectivity index (χ0n) is 37.5. The fourth-order valence-electron chi connectivity index (χ4n) is 8.32. The molecule has 4 aromatic rings. The topological polar surface area (TPSA) is 251 Å². The van der Waals surface area contributed by atoms with E-state index in [4.69, 9.17) is 23.1 Å². The lowest BCUT2D eigenvalue weighted by molar-refractivity contribution is -0.143. The SMILES string of the molecule is C[C@@H]1CC(=O)[C@@H](N(C)C(=O)[C@H](CCCCN)CC(=O)c2ccc(-c3ccc(Cl)cc3)cc2)c2ccc(O)c(c2)-c2cc(ccc2O)C[C@@H](C(=O)C[C@@H](C)C(=O)N(C)[C@@H](CO)C(N)=O)NC1=O. The first-order valence-electron chi connectivity index (χ1n) is 21.9. The largest absolute Gasteiger partial charge is 0.507 e. The van der Waals surface area contributed by atoms with Gasteiger partial charge in [-0.15, -0.1) is 0 Å². The number of carbonyl (C=O) groups excluding carboxylic acids is 7. The van der Waals surface area contributed by atoms with Crippen molar-refractivity contribution < 1.29 is 48.9 Å². The molecule has 0 spiro atoms. The molecule has 8 N–H and O–H groups in total. The van der Waals surface area contributed by atoms with E-state index >= 15 is 0 Å². The summed E-state index contributed by atoms with van der Waals surface area (Å²) in [4.78, 5) is 98.4. The summed E-state index contributed by atoms with van der Waals surface area (Å²) in [5, 5.41) is 35.3. The number of phenols is 2. The smallest absolute Gasteiger partial charge is 0.242 e. The third kappa shape index (κ3) is 12.3. The molecule has 16 heteroatoms. The van der Waals surface area contributed by atoms with Crippen molar-refractivity contribution in [3.05, 3.63) is 107 Å². The lowest BCUT2D eigenvalue weighted by atomic mass is 9.87. The summed E-state index contributed by atoms with van der Waals surface area (Å²) in [6.07, 6.45) is 0.354. The Morgan fingerprint density at radius 1 is 0.818 bits per heavy atom. The Morgan fingerprint density at radius 2 is 1.42 bits per heavy atom. The van der Waals surface area contributed by atoms with Gasteiger partial charge in [0.2, 0.25) is 23.6 Å². The monoisotopic (exact) mass is 923 g/mol. The van der Waals surface area contributed by atoms with Crippen LogP contribution in [0.15, 0.2) is 84.9 Å². The number of unbranched alkanes of at least 4 members (excludes halogenated alkanes) is 1. The van der Waals surface area contributed by atoms with Crippen molar-refractivity contribution in [1.82, 2.24) is 15.1 Å². The molecule has 0 fully saturated rings. The van der Waals surface area contributed by atoms with E-state index in [0.717, 1.165) is 16.0 Å². The summed E-state index contributed by atoms with van der Waals surface area (Å²) in [6.45, 7) is 2.61. The van der Waals surface area contributed by atoms with Crippen LogP contribution in [0.3, 0.4) is 0 Å². The van der Waals surface area contributed by atoms with Crippen LogP contribution in [0, 0.1) is 17.8 Å². The van der Waals surface area contributed by atoms with Crippen molar-refractivity contribution in [2.24, 2.45) is 29.2 Å². The number of likely N-dealkylation sites (N-methyl/N-ethyl adjacent to an activating group) is 2. The highest BCUT2D eigenvalue weighted by atomic mass is 35.5. The van der Waals surface area contributed by atoms with Gasteiger partial charge in [-0.1, -0.05) is 80.4 Å². The number of rotatable bonds is 17. The van der Waals surface area contributed by atoms with Crippen molar-refractivity contribution in [2.45, 2.75) is 76.9 Å². The average Bonchev–Trinajstić information content (AvgIpc) is 3.29. The fraction of sp³-hybridized carbons (Fsp3) is 0.380. The molecular weight excluding hydrogens is 866 g/mol. The van der Waals surface area contributed by atoms with Crippen LogP contribution < -0.4 is 16.8 Å². The average molecular weight is 924 g/mol. The summed E-state index contributed by atoms with van der Waals surface area (Å²) in [5.41, 5.74) is 14.3. The Hall–Kier alpha value is -6.42. The number of amides is 4. The second kappa shape index (κ2) is 22.7. The van der Waals surface area contributed by atoms with E-state index in [0.29, 0.717) is 42.0 Å². The molecule has 15 nitrogen and oxygen atoms in total. The molecule has 4 aromatic carbocycles. The highest BCUT2D eigenvalue weighted by molar-refractivity contribution is 6.30. The number of nitrogens with zero attached hydrogens (tertiary/aromatic N) is 2. The van der Waals surface area contributed by atoms with E-state index in [1.54, 1.807) is 30.3 Å². The molecule has 4 amide bonds. The molecular formula is C50H58ClN5O10. The number of aliphatic hydroxyl groups is 1. The Bertz CT molecular complexity index is 2440. The van der Waals surface area contributed by atoms with Crippen molar-refractivity contribution in [3.63, 3.8) is 0 Å². The highest BCUT2D eigenvalue weighted by Crippen LogP contribution is 2.40. The van der Waals surface area contributed by atoms with Gasteiger partial charge in [-0.25, -0.2) is 0 Å². The van der Waals surface area contributed by atoms with E-state index in [-0.39, 0.29) is 53.2 Å². The molecule has 350 valence electrons. The molecule has 0 aliphatic carbocycles. The van der Waals surface area contributed by atoms with Crippen LogP contribution in [0.25, 0.3) is 22.3 Å². The zero-order chi connectivity index (χ0) is 48.4. The summed E-state index contributed by atoms with van der Waals surface area (Å²) >= 11 is 6.06. The van der Waals surface area contributed by atoms with Gasteiger partial charge in [0, 0.05) is 72.8 Å². The molecule has 5 rings (SSSR count). The van der Waals surface area contributed by atoms with Crippen LogP contribution in [0.2, 0.25) is 5.02 Å². The quantitative estimate of drug-likeness (QED) is 0.0598. The molecule has 4 bridgehead atoms. The third-order valence-corrected chi connectivity index (χ3v) is 12.5. The number of fused-ring (bicyclic) bond motifs is 5. The van der Waals surface area contributed by atoms with Crippen LogP contribution in [-0.4, -0.2) is 105 Å². The standard InChI is InChI=1S/C50H58ClN5O10/c1-28-21-45(62)46(56(4)50(66)35(7-5-6-20-52)26-43(60)33-11-9-31(10-12-33)32-13-16-36(51)17-14-32)34-15-19-42(59)38(25-34)37-23-30(8-18-41(37)58)24-39(54-48(28)64)44(61)22-29(2)49(65)55(3)40(27-57)47(53)63/h8-19,23,25,28-29,35,39-40,46,57-59H,5-7,20-22,24,26-27,52H2,1-4H3,(H2,53,63)(H,54,64)/t28-,29-,35-,39+,40+,46+/m1/s1. The van der Waals surface area contributed by atoms with Gasteiger partial charge in [0.1, 0.15) is 23.6 Å². The molecule has 66 heavy (non-hydrogen) atoms. The molecule has 0 saturated carbocycles. The Kier molecular flexibility index (Phi) is 17.4. The Morgan fingerprint density at radius 3 is 2.03 bits per heavy atom. The minimum absolute atomic E-state index is 0.104. The van der Waals surface area contributed by atoms with E-state index in [1.165, 1.54) is 63.2 Å². The number of primary amides is 1. The predicted molar refractivity (Wildman–Crippen MR) is 249 cm³/mol. The number of aliphatic hydroxyl groups excluding tert-OH is 1. The normalized spacial score (nSPS) is 17.7. The van der Waals surface area contributed by atoms with Gasteiger partial charge in [-0.3, -0.25) is 33.6 Å². The Labute approximate surface area is 389 Å². The lowest BCUT2D eigenvalue weighted by Crippen LogP contribution is -2.50. The van der Waals surface area contributed by atoms with E-state index < -0.39 is 84.1 Å². The summed E-state index contributed by atoms with van der Waals surface area (Å²) in [5.74, 6) is -7.53. The molecule has 0 aromatic heterocycles. The minimum atomic E-state index is -1.32. The minimum Gasteiger partial charge on any atom is -0.507 e. The van der Waals surface area contributed by atoms with Gasteiger partial charge in [0.05, 0.1) is 12.6 Å². The molecule has 1 aliphatic heterocycles. The second-order valence-corrected chi connectivity index (χ2v) is 17.6. The van der Waals surface area contributed by atoms with Crippen LogP contribution in [0.5, 0.6) is 11.5 Å². The summed E-state index contributed by atoms with van der Waals surface area (Å²) < 4.78 is 0. The number of hydrogen-bond acceptors (Lipinski definition) is 11. The first-order chi connectivity index (χ1) is 31.3. The molecule has 1 aliphatic rings. The number of halogens is 1. The van der Waals surface area contributed by atoms with Gasteiger partial charge in [0.15, 0.2) is 17.3 Å². The summed E-state index contributed by atoms with van der Waals surface area (Å²) in [7, 11) is 2.73. The number of carbonyl (C=O) groups is 7. The first-order valence-corrected chi connectivity index (χ1v) is 22.3. The van der Waals surface area contributed by atoms with Gasteiger partial charge in [-0.2, -0.15) is 0 Å². The van der Waals surface area contributed by atoms with Gasteiger partial charge < -0.3 is 41.9 Å². The second-order valence-electron chi connectivity index (χ2n) is 17.1. The summed E-state index contributed by atoms with van der Waals surface area (Å²) in [6, 6.07) is 19.2. The first kappa shape index (κ1) is 50.6. The lowest BCUT2D eigenvalue weighted by Gasteiger charge is -2.32. The van der Waals surface area contributed by atoms with Gasteiger partial charge in [0.25, 0.3) is 0 Å². The molecule has 6 atom stereocenters. The van der Waals surface area contributed by atoms with Crippen molar-refractivity contribution in [1.29, 1.82) is 0 Å². The number of nitrogens with one attached hydrogen (secondary N) is 1. The highest BCUT2D eigenvalue weighted by Gasteiger charge is 2.37.